The van der Waals surface area contributed by atoms with Gasteiger partial charge in [0.15, 0.2) is 0 Å². The van der Waals surface area contributed by atoms with Crippen molar-refractivity contribution in [3.63, 3.8) is 0 Å². The molecule has 0 radical (unpaired) electrons. The van der Waals surface area contributed by atoms with Gasteiger partial charge in [-0.25, -0.2) is 0 Å². The van der Waals surface area contributed by atoms with Crippen molar-refractivity contribution < 1.29 is 20.8 Å². The Bertz CT molecular complexity index is 975. The Morgan fingerprint density at radius 2 is 1.34 bits per heavy atom. The van der Waals surface area contributed by atoms with Crippen LogP contribution in [0.25, 0.3) is 21.9 Å². The first-order chi connectivity index (χ1) is 13.8. The molecule has 0 aromatic heterocycles. The van der Waals surface area contributed by atoms with E-state index < -0.39 is 20.8 Å². The fourth-order valence-corrected chi connectivity index (χ4v) is 3.66. The number of fused-ring (bicyclic) bond motifs is 1. The Kier molecular flexibility index (Phi) is 9.41. The number of rotatable bonds is 1. The molecule has 0 N–H and O–H groups in total. The maximum absolute atomic E-state index is 4.93. The van der Waals surface area contributed by atoms with E-state index in [1.54, 1.807) is 0 Å². The molecule has 0 aliphatic carbocycles. The van der Waals surface area contributed by atoms with Crippen molar-refractivity contribution >= 4 is 27.8 Å². The molecule has 0 fully saturated rings. The van der Waals surface area contributed by atoms with Crippen molar-refractivity contribution in [1.29, 1.82) is 0 Å². The van der Waals surface area contributed by atoms with Crippen LogP contribution in [0.15, 0.2) is 60.7 Å². The van der Waals surface area contributed by atoms with Gasteiger partial charge >= 0.3 is 37.9 Å². The summed E-state index contributed by atoms with van der Waals surface area (Å²) in [6, 6.07) is 21.6. The first kappa shape index (κ1) is 24.1. The van der Waals surface area contributed by atoms with Gasteiger partial charge in [0.2, 0.25) is 0 Å². The third-order valence-electron chi connectivity index (χ3n) is 5.79. The van der Waals surface area contributed by atoms with E-state index in [4.69, 9.17) is 17.0 Å². The molecule has 0 amide bonds. The van der Waals surface area contributed by atoms with E-state index in [1.165, 1.54) is 55.3 Å². The van der Waals surface area contributed by atoms with Crippen molar-refractivity contribution in [2.24, 2.45) is 0 Å². The van der Waals surface area contributed by atoms with Crippen LogP contribution in [0.1, 0.15) is 33.4 Å². The molecule has 3 heteroatoms. The number of benzene rings is 2. The van der Waals surface area contributed by atoms with Gasteiger partial charge in [0, 0.05) is 0 Å². The minimum absolute atomic E-state index is 0.826. The van der Waals surface area contributed by atoms with E-state index in [2.05, 4.69) is 102 Å². The van der Waals surface area contributed by atoms with Crippen LogP contribution in [0.4, 0.5) is 0 Å². The quantitative estimate of drug-likeness (QED) is 0.228. The molecule has 4 aromatic carbocycles. The van der Waals surface area contributed by atoms with E-state index >= 15 is 0 Å². The van der Waals surface area contributed by atoms with Crippen molar-refractivity contribution in [3.8, 4) is 11.1 Å². The molecule has 4 aromatic rings. The zero-order valence-corrected chi connectivity index (χ0v) is 22.0. The second-order valence-corrected chi connectivity index (χ2v) is 11.1. The van der Waals surface area contributed by atoms with Crippen LogP contribution in [-0.2, 0) is 20.8 Å². The zero-order valence-electron chi connectivity index (χ0n) is 18.0. The summed E-state index contributed by atoms with van der Waals surface area (Å²) in [7, 11) is 9.87. The standard InChI is InChI=1S/C16H13.C10H15.2ClH.Zr/c1-12-10-14-8-5-9-15(16(14)11-12)13-6-3-2-4-7-13;1-6-7(2)9(4)10(5)8(6)3;;;/h2-11H,1H3;1-5H3;2*1H;/q2*-1;;;+4/p-2. The normalized spacial score (nSPS) is 9.93. The van der Waals surface area contributed by atoms with Gasteiger partial charge in [0.1, 0.15) is 0 Å². The molecule has 29 heavy (non-hydrogen) atoms. The Labute approximate surface area is 194 Å². The Morgan fingerprint density at radius 1 is 0.793 bits per heavy atom. The summed E-state index contributed by atoms with van der Waals surface area (Å²) in [5.74, 6) is 0. The summed E-state index contributed by atoms with van der Waals surface area (Å²) in [6.45, 7) is 13.1. The van der Waals surface area contributed by atoms with E-state index in [-0.39, 0.29) is 0 Å². The van der Waals surface area contributed by atoms with Gasteiger partial charge < -0.3 is 0 Å². The number of halogens is 2. The van der Waals surface area contributed by atoms with Crippen molar-refractivity contribution in [2.45, 2.75) is 41.5 Å². The Hall–Kier alpha value is -1.14. The number of hydrogen-bond donors (Lipinski definition) is 0. The van der Waals surface area contributed by atoms with Gasteiger partial charge in [-0.15, -0.1) is 34.5 Å². The predicted molar refractivity (Wildman–Crippen MR) is 127 cm³/mol. The third-order valence-corrected chi connectivity index (χ3v) is 5.79. The SMILES string of the molecule is Cc1c(C)c(C)[c-](C)c1C.Cc1cc2c(-c3ccccc3)cccc2[cH-]1.[Cl][Zr+2][Cl]. The first-order valence-electron chi connectivity index (χ1n) is 9.69. The third kappa shape index (κ3) is 5.94. The fraction of sp³-hybridized carbons (Fsp3) is 0.231. The van der Waals surface area contributed by atoms with Crippen LogP contribution in [0.5, 0.6) is 0 Å². The van der Waals surface area contributed by atoms with Crippen LogP contribution < -0.4 is 0 Å². The van der Waals surface area contributed by atoms with Crippen molar-refractivity contribution in [1.82, 2.24) is 0 Å². The van der Waals surface area contributed by atoms with E-state index in [1.807, 2.05) is 0 Å². The van der Waals surface area contributed by atoms with Crippen LogP contribution in [0, 0.1) is 41.5 Å². The maximum atomic E-state index is 4.93. The first-order valence-corrected chi connectivity index (χ1v) is 16.0. The average molecular weight is 503 g/mol. The molecule has 0 spiro atoms. The molecule has 4 rings (SSSR count). The molecule has 0 unspecified atom stereocenters. The van der Waals surface area contributed by atoms with Crippen LogP contribution in [0.2, 0.25) is 0 Å². The second-order valence-electron chi connectivity index (χ2n) is 7.40. The summed E-state index contributed by atoms with van der Waals surface area (Å²) in [6.07, 6.45) is 0. The number of aryl methyl sites for hydroxylation is 1. The molecular formula is C26H28Cl2Zr. The summed E-state index contributed by atoms with van der Waals surface area (Å²) in [4.78, 5) is 0. The summed E-state index contributed by atoms with van der Waals surface area (Å²) < 4.78 is 0. The molecule has 0 aliphatic heterocycles. The Balaban J connectivity index is 0.000000199. The predicted octanol–water partition coefficient (Wildman–Crippen LogP) is 8.86. The van der Waals surface area contributed by atoms with Gasteiger partial charge in [0.05, 0.1) is 0 Å². The summed E-state index contributed by atoms with van der Waals surface area (Å²) in [5, 5.41) is 2.69. The topological polar surface area (TPSA) is 0 Å². The molecule has 0 heterocycles. The minimum atomic E-state index is -0.826. The van der Waals surface area contributed by atoms with Gasteiger partial charge in [-0.2, -0.15) is 33.9 Å². The Morgan fingerprint density at radius 3 is 1.83 bits per heavy atom. The second kappa shape index (κ2) is 11.3. The molecule has 0 bridgehead atoms. The van der Waals surface area contributed by atoms with Crippen LogP contribution in [0.3, 0.4) is 0 Å². The fourth-order valence-electron chi connectivity index (χ4n) is 3.66. The van der Waals surface area contributed by atoms with E-state index in [9.17, 15) is 0 Å². The molecule has 0 nitrogen and oxygen atoms in total. The molecule has 0 saturated carbocycles. The summed E-state index contributed by atoms with van der Waals surface area (Å²) >= 11 is -0.826. The van der Waals surface area contributed by atoms with E-state index in [0.717, 1.165) is 0 Å². The van der Waals surface area contributed by atoms with Crippen LogP contribution >= 0.6 is 17.0 Å². The zero-order chi connectivity index (χ0) is 21.6. The summed E-state index contributed by atoms with van der Waals surface area (Å²) in [5.41, 5.74) is 11.3. The molecular weight excluding hydrogens is 474 g/mol. The van der Waals surface area contributed by atoms with Gasteiger partial charge in [-0.3, -0.25) is 0 Å². The average Bonchev–Trinajstić information content (AvgIpc) is 3.19. The molecule has 150 valence electrons. The monoisotopic (exact) mass is 500 g/mol. The molecule has 0 aliphatic rings. The van der Waals surface area contributed by atoms with Gasteiger partial charge in [0.25, 0.3) is 0 Å². The van der Waals surface area contributed by atoms with Gasteiger partial charge in [-0.1, -0.05) is 83.5 Å². The van der Waals surface area contributed by atoms with Gasteiger partial charge in [-0.05, 0) is 5.56 Å². The van der Waals surface area contributed by atoms with Crippen molar-refractivity contribution in [2.75, 3.05) is 0 Å². The number of hydrogen-bond acceptors (Lipinski definition) is 0. The van der Waals surface area contributed by atoms with Crippen LogP contribution in [-0.4, -0.2) is 0 Å². The molecule has 0 saturated heterocycles. The van der Waals surface area contributed by atoms with Crippen molar-refractivity contribution in [3.05, 3.63) is 94.0 Å². The van der Waals surface area contributed by atoms with E-state index in [0.29, 0.717) is 0 Å². The molecule has 0 atom stereocenters.